The second-order valence-corrected chi connectivity index (χ2v) is 5.78. The van der Waals surface area contributed by atoms with Crippen molar-refractivity contribution in [2.45, 2.75) is 6.04 Å². The van der Waals surface area contributed by atoms with Gasteiger partial charge < -0.3 is 14.8 Å². The van der Waals surface area contributed by atoms with Gasteiger partial charge in [-0.25, -0.2) is 4.39 Å². The fourth-order valence-electron chi connectivity index (χ4n) is 3.10. The minimum Gasteiger partial charge on any atom is -0.496 e. The molecule has 1 fully saturated rings. The summed E-state index contributed by atoms with van der Waals surface area (Å²) in [6.07, 6.45) is 0. The lowest BCUT2D eigenvalue weighted by Gasteiger charge is -2.36. The van der Waals surface area contributed by atoms with Gasteiger partial charge in [-0.2, -0.15) is 0 Å². The Labute approximate surface area is 154 Å². The lowest BCUT2D eigenvalue weighted by atomic mass is 10.0. The van der Waals surface area contributed by atoms with Crippen LogP contribution in [0.25, 0.3) is 0 Å². The van der Waals surface area contributed by atoms with Gasteiger partial charge in [-0.15, -0.1) is 12.4 Å². The van der Waals surface area contributed by atoms with E-state index in [-0.39, 0.29) is 24.3 Å². The molecule has 0 aromatic heterocycles. The van der Waals surface area contributed by atoms with Crippen molar-refractivity contribution in [1.82, 2.24) is 10.2 Å². The van der Waals surface area contributed by atoms with Gasteiger partial charge in [-0.3, -0.25) is 4.90 Å². The molecule has 1 unspecified atom stereocenters. The SMILES string of the molecule is COc1ccccc1C1CNCCN1CCOc1ccccc1F.Cl. The molecule has 2 aromatic carbocycles. The van der Waals surface area contributed by atoms with Crippen LogP contribution in [0.2, 0.25) is 0 Å². The summed E-state index contributed by atoms with van der Waals surface area (Å²) in [7, 11) is 1.70. The fraction of sp³-hybridized carbons (Fsp3) is 0.368. The molecule has 1 atom stereocenters. The highest BCUT2D eigenvalue weighted by molar-refractivity contribution is 5.85. The molecular formula is C19H24ClFN2O2. The van der Waals surface area contributed by atoms with Crippen molar-refractivity contribution >= 4 is 12.4 Å². The van der Waals surface area contributed by atoms with E-state index in [9.17, 15) is 4.39 Å². The third-order valence-electron chi connectivity index (χ3n) is 4.32. The lowest BCUT2D eigenvalue weighted by molar-refractivity contribution is 0.130. The van der Waals surface area contributed by atoms with Crippen molar-refractivity contribution in [3.05, 3.63) is 59.9 Å². The van der Waals surface area contributed by atoms with E-state index in [1.165, 1.54) is 6.07 Å². The van der Waals surface area contributed by atoms with E-state index in [1.54, 1.807) is 25.3 Å². The number of nitrogens with zero attached hydrogens (tertiary/aromatic N) is 1. The van der Waals surface area contributed by atoms with Crippen LogP contribution in [0, 0.1) is 5.82 Å². The van der Waals surface area contributed by atoms with Crippen LogP contribution < -0.4 is 14.8 Å². The molecule has 0 radical (unpaired) electrons. The highest BCUT2D eigenvalue weighted by Crippen LogP contribution is 2.30. The van der Waals surface area contributed by atoms with E-state index in [4.69, 9.17) is 9.47 Å². The van der Waals surface area contributed by atoms with Gasteiger partial charge in [0, 0.05) is 31.7 Å². The summed E-state index contributed by atoms with van der Waals surface area (Å²) in [5.41, 5.74) is 1.16. The number of nitrogens with one attached hydrogen (secondary N) is 1. The van der Waals surface area contributed by atoms with Crippen molar-refractivity contribution in [1.29, 1.82) is 0 Å². The maximum atomic E-state index is 13.6. The minimum atomic E-state index is -0.320. The van der Waals surface area contributed by atoms with E-state index >= 15 is 0 Å². The Balaban J connectivity index is 0.00000225. The first kappa shape index (κ1) is 19.5. The molecule has 0 aliphatic carbocycles. The smallest absolute Gasteiger partial charge is 0.165 e. The van der Waals surface area contributed by atoms with Gasteiger partial charge in [0.05, 0.1) is 13.2 Å². The Morgan fingerprint density at radius 2 is 1.84 bits per heavy atom. The number of ether oxygens (including phenoxy) is 2. The average molecular weight is 367 g/mol. The maximum absolute atomic E-state index is 13.6. The summed E-state index contributed by atoms with van der Waals surface area (Å²) in [6, 6.07) is 14.8. The summed E-state index contributed by atoms with van der Waals surface area (Å²) < 4.78 is 24.7. The van der Waals surface area contributed by atoms with Gasteiger partial charge in [0.15, 0.2) is 11.6 Å². The van der Waals surface area contributed by atoms with Crippen molar-refractivity contribution in [3.63, 3.8) is 0 Å². The molecule has 0 saturated carbocycles. The molecule has 6 heteroatoms. The van der Waals surface area contributed by atoms with Gasteiger partial charge >= 0.3 is 0 Å². The van der Waals surface area contributed by atoms with Crippen molar-refractivity contribution in [3.8, 4) is 11.5 Å². The first-order chi connectivity index (χ1) is 11.8. The quantitative estimate of drug-likeness (QED) is 0.850. The van der Waals surface area contributed by atoms with Crippen molar-refractivity contribution in [2.75, 3.05) is 39.9 Å². The number of piperazine rings is 1. The van der Waals surface area contributed by atoms with E-state index in [0.29, 0.717) is 12.4 Å². The Morgan fingerprint density at radius 3 is 2.60 bits per heavy atom. The number of hydrogen-bond donors (Lipinski definition) is 1. The highest BCUT2D eigenvalue weighted by atomic mass is 35.5. The third-order valence-corrected chi connectivity index (χ3v) is 4.32. The van der Waals surface area contributed by atoms with Crippen LogP contribution in [0.4, 0.5) is 4.39 Å². The molecular weight excluding hydrogens is 343 g/mol. The van der Waals surface area contributed by atoms with E-state index < -0.39 is 0 Å². The van der Waals surface area contributed by atoms with Crippen molar-refractivity contribution < 1.29 is 13.9 Å². The molecule has 136 valence electrons. The zero-order chi connectivity index (χ0) is 16.8. The zero-order valence-electron chi connectivity index (χ0n) is 14.3. The van der Waals surface area contributed by atoms with Gasteiger partial charge in [0.2, 0.25) is 0 Å². The van der Waals surface area contributed by atoms with Crippen LogP contribution in [0.3, 0.4) is 0 Å². The number of para-hydroxylation sites is 2. The Bertz CT molecular complexity index is 671. The molecule has 1 aliphatic heterocycles. The Morgan fingerprint density at radius 1 is 1.12 bits per heavy atom. The van der Waals surface area contributed by atoms with Gasteiger partial charge in [0.1, 0.15) is 12.4 Å². The average Bonchev–Trinajstić information content (AvgIpc) is 2.64. The van der Waals surface area contributed by atoms with E-state index in [0.717, 1.165) is 37.5 Å². The van der Waals surface area contributed by atoms with Crippen molar-refractivity contribution in [2.24, 2.45) is 0 Å². The van der Waals surface area contributed by atoms with Gasteiger partial charge in [-0.1, -0.05) is 30.3 Å². The van der Waals surface area contributed by atoms with Gasteiger partial charge in [-0.05, 0) is 18.2 Å². The summed E-state index contributed by atoms with van der Waals surface area (Å²) in [5.74, 6) is 0.881. The molecule has 0 bridgehead atoms. The second kappa shape index (κ2) is 9.61. The fourth-order valence-corrected chi connectivity index (χ4v) is 3.10. The summed E-state index contributed by atoms with van der Waals surface area (Å²) >= 11 is 0. The molecule has 4 nitrogen and oxygen atoms in total. The van der Waals surface area contributed by atoms with E-state index in [1.807, 2.05) is 18.2 Å². The largest absolute Gasteiger partial charge is 0.496 e. The first-order valence-electron chi connectivity index (χ1n) is 8.24. The Hall–Kier alpha value is -1.82. The molecule has 1 aliphatic rings. The predicted octanol–water partition coefficient (Wildman–Crippen LogP) is 3.28. The molecule has 1 saturated heterocycles. The van der Waals surface area contributed by atoms with Crippen LogP contribution >= 0.6 is 12.4 Å². The van der Waals surface area contributed by atoms with Crippen LogP contribution in [0.5, 0.6) is 11.5 Å². The Kier molecular flexibility index (Phi) is 7.50. The molecule has 1 N–H and O–H groups in total. The minimum absolute atomic E-state index is 0. The normalized spacial score (nSPS) is 17.6. The molecule has 2 aromatic rings. The number of hydrogen-bond acceptors (Lipinski definition) is 4. The number of benzene rings is 2. The predicted molar refractivity (Wildman–Crippen MR) is 99.3 cm³/mol. The molecule has 1 heterocycles. The summed E-state index contributed by atoms with van der Waals surface area (Å²) in [4.78, 5) is 2.36. The van der Waals surface area contributed by atoms with Crippen LogP contribution in [0.15, 0.2) is 48.5 Å². The van der Waals surface area contributed by atoms with Crippen LogP contribution in [0.1, 0.15) is 11.6 Å². The standard InChI is InChI=1S/C19H23FN2O2.ClH/c1-23-18-8-4-2-6-15(18)17-14-21-10-11-22(17)12-13-24-19-9-5-3-7-16(19)20;/h2-9,17,21H,10-14H2,1H3;1H. The summed E-state index contributed by atoms with van der Waals surface area (Å²) in [6.45, 7) is 3.90. The first-order valence-corrected chi connectivity index (χ1v) is 8.24. The number of rotatable bonds is 6. The van der Waals surface area contributed by atoms with Crippen LogP contribution in [-0.2, 0) is 0 Å². The maximum Gasteiger partial charge on any atom is 0.165 e. The molecule has 0 spiro atoms. The summed E-state index contributed by atoms with van der Waals surface area (Å²) in [5, 5.41) is 3.43. The highest BCUT2D eigenvalue weighted by Gasteiger charge is 2.25. The third kappa shape index (κ3) is 4.84. The molecule has 0 amide bonds. The molecule has 3 rings (SSSR count). The number of halogens is 2. The van der Waals surface area contributed by atoms with E-state index in [2.05, 4.69) is 16.3 Å². The molecule has 25 heavy (non-hydrogen) atoms. The lowest BCUT2D eigenvalue weighted by Crippen LogP contribution is -2.47. The zero-order valence-corrected chi connectivity index (χ0v) is 15.1. The second-order valence-electron chi connectivity index (χ2n) is 5.78. The topological polar surface area (TPSA) is 33.7 Å². The van der Waals surface area contributed by atoms with Gasteiger partial charge in [0.25, 0.3) is 0 Å². The number of methoxy groups -OCH3 is 1. The van der Waals surface area contributed by atoms with Crippen LogP contribution in [-0.4, -0.2) is 44.8 Å². The monoisotopic (exact) mass is 366 g/mol.